The van der Waals surface area contributed by atoms with Crippen molar-refractivity contribution in [2.24, 2.45) is 0 Å². The number of carbonyl (C=O) groups excluding carboxylic acids is 1. The summed E-state index contributed by atoms with van der Waals surface area (Å²) < 4.78 is 9.17. The first-order chi connectivity index (χ1) is 11.3. The van der Waals surface area contributed by atoms with Gasteiger partial charge in [0.2, 0.25) is 0 Å². The Kier molecular flexibility index (Phi) is 4.66. The number of nitrogens with zero attached hydrogens (tertiary/aromatic N) is 3. The molecule has 3 rings (SSSR count). The maximum absolute atomic E-state index is 12.8. The maximum atomic E-state index is 12.8. The highest BCUT2D eigenvalue weighted by Crippen LogP contribution is 2.34. The number of thiophene rings is 1. The van der Waals surface area contributed by atoms with Gasteiger partial charge in [0.15, 0.2) is 0 Å². The Morgan fingerprint density at radius 1 is 1.38 bits per heavy atom. The van der Waals surface area contributed by atoms with Crippen LogP contribution in [-0.2, 0) is 11.2 Å². The van der Waals surface area contributed by atoms with Crippen LogP contribution in [-0.4, -0.2) is 26.2 Å². The average molecular weight is 410 g/mol. The predicted molar refractivity (Wildman–Crippen MR) is 101 cm³/mol. The second-order valence-corrected chi connectivity index (χ2v) is 9.14. The summed E-state index contributed by atoms with van der Waals surface area (Å²) >= 11 is 5.06. The van der Waals surface area contributed by atoms with Gasteiger partial charge in [-0.2, -0.15) is 0 Å². The molecule has 0 spiro atoms. The van der Waals surface area contributed by atoms with Crippen LogP contribution < -0.4 is 0 Å². The van der Waals surface area contributed by atoms with Gasteiger partial charge in [0.25, 0.3) is 0 Å². The molecule has 5 nitrogen and oxygen atoms in total. The number of halogens is 1. The zero-order chi connectivity index (χ0) is 17.5. The van der Waals surface area contributed by atoms with Crippen molar-refractivity contribution in [3.05, 3.63) is 21.9 Å². The smallest absolute Gasteiger partial charge is 0.420 e. The second-order valence-electron chi connectivity index (χ2n) is 6.70. The number of fused-ring (bicyclic) bond motifs is 3. The number of aromatic nitrogens is 3. The molecule has 0 saturated carbocycles. The van der Waals surface area contributed by atoms with E-state index in [1.165, 1.54) is 0 Å². The van der Waals surface area contributed by atoms with Gasteiger partial charge in [-0.25, -0.2) is 14.3 Å². The van der Waals surface area contributed by atoms with Crippen molar-refractivity contribution >= 4 is 54.6 Å². The van der Waals surface area contributed by atoms with Crippen molar-refractivity contribution in [3.8, 4) is 0 Å². The summed E-state index contributed by atoms with van der Waals surface area (Å²) in [5, 5.41) is 0. The topological polar surface area (TPSA) is 57.0 Å². The summed E-state index contributed by atoms with van der Waals surface area (Å²) in [6.07, 6.45) is 4.09. The Morgan fingerprint density at radius 3 is 2.79 bits per heavy atom. The largest absolute Gasteiger partial charge is 0.443 e. The van der Waals surface area contributed by atoms with Gasteiger partial charge >= 0.3 is 6.09 Å². The molecular formula is C17H20BrN3O2S. The summed E-state index contributed by atoms with van der Waals surface area (Å²) in [5.74, 6) is 0.736. The number of unbranched alkanes of at least 4 members (excludes halogenated alkanes) is 1. The highest BCUT2D eigenvalue weighted by atomic mass is 79.9. The molecule has 3 heterocycles. The van der Waals surface area contributed by atoms with Gasteiger partial charge in [-0.15, -0.1) is 11.3 Å². The summed E-state index contributed by atoms with van der Waals surface area (Å²) in [6.45, 7) is 7.73. The van der Waals surface area contributed by atoms with Crippen molar-refractivity contribution in [1.82, 2.24) is 14.5 Å². The van der Waals surface area contributed by atoms with Crippen molar-refractivity contribution < 1.29 is 9.53 Å². The number of imidazole rings is 1. The molecule has 24 heavy (non-hydrogen) atoms. The third-order valence-corrected chi connectivity index (χ3v) is 5.16. The minimum Gasteiger partial charge on any atom is -0.443 e. The van der Waals surface area contributed by atoms with E-state index >= 15 is 0 Å². The van der Waals surface area contributed by atoms with Crippen LogP contribution in [0.2, 0.25) is 0 Å². The van der Waals surface area contributed by atoms with Crippen LogP contribution in [0, 0.1) is 0 Å². The summed E-state index contributed by atoms with van der Waals surface area (Å²) in [4.78, 5) is 21.9. The lowest BCUT2D eigenvalue weighted by Gasteiger charge is -2.20. The third kappa shape index (κ3) is 3.32. The Bertz CT molecular complexity index is 908. The molecule has 128 valence electrons. The molecule has 7 heteroatoms. The van der Waals surface area contributed by atoms with Gasteiger partial charge in [-0.1, -0.05) is 13.3 Å². The number of aryl methyl sites for hydroxylation is 1. The lowest BCUT2D eigenvalue weighted by molar-refractivity contribution is 0.0539. The van der Waals surface area contributed by atoms with Gasteiger partial charge in [-0.3, -0.25) is 4.98 Å². The second kappa shape index (κ2) is 6.44. The van der Waals surface area contributed by atoms with Crippen LogP contribution in [0.15, 0.2) is 16.0 Å². The van der Waals surface area contributed by atoms with E-state index in [4.69, 9.17) is 4.74 Å². The van der Waals surface area contributed by atoms with Crippen molar-refractivity contribution in [3.63, 3.8) is 0 Å². The highest BCUT2D eigenvalue weighted by Gasteiger charge is 2.25. The van der Waals surface area contributed by atoms with Crippen molar-refractivity contribution in [1.29, 1.82) is 0 Å². The first kappa shape index (κ1) is 17.4. The van der Waals surface area contributed by atoms with E-state index < -0.39 is 5.60 Å². The van der Waals surface area contributed by atoms with E-state index in [9.17, 15) is 4.79 Å². The molecule has 0 aromatic carbocycles. The maximum Gasteiger partial charge on any atom is 0.420 e. The van der Waals surface area contributed by atoms with Crippen LogP contribution in [0.4, 0.5) is 4.79 Å². The Labute approximate surface area is 153 Å². The van der Waals surface area contributed by atoms with Crippen LogP contribution in [0.3, 0.4) is 0 Å². The number of rotatable bonds is 3. The predicted octanol–water partition coefficient (Wildman–Crippen LogP) is 5.53. The summed E-state index contributed by atoms with van der Waals surface area (Å²) in [6, 6.07) is 1.96. The van der Waals surface area contributed by atoms with Gasteiger partial charge in [0.1, 0.15) is 22.5 Å². The van der Waals surface area contributed by atoms with Crippen LogP contribution in [0.25, 0.3) is 21.3 Å². The standard InChI is InChI=1S/C17H20BrN3O2S/c1-5-6-7-13-20-11-9-19-10-8-12(18)24-15(10)14(11)21(13)16(22)23-17(2,3)4/h8-9H,5-7H2,1-4H3. The molecule has 0 bridgehead atoms. The zero-order valence-corrected chi connectivity index (χ0v) is 16.6. The molecule has 0 atom stereocenters. The quantitative estimate of drug-likeness (QED) is 0.569. The molecule has 3 aromatic rings. The van der Waals surface area contributed by atoms with E-state index in [2.05, 4.69) is 32.8 Å². The fourth-order valence-corrected chi connectivity index (χ4v) is 4.13. The summed E-state index contributed by atoms with van der Waals surface area (Å²) in [5.41, 5.74) is 1.81. The van der Waals surface area contributed by atoms with E-state index in [0.717, 1.165) is 50.1 Å². The van der Waals surface area contributed by atoms with Gasteiger partial charge in [-0.05, 0) is 49.2 Å². The van der Waals surface area contributed by atoms with Gasteiger partial charge in [0, 0.05) is 6.42 Å². The fraction of sp³-hybridized carbons (Fsp3) is 0.471. The molecule has 0 aliphatic carbocycles. The molecule has 3 aromatic heterocycles. The molecule has 0 radical (unpaired) electrons. The molecule has 0 aliphatic heterocycles. The number of carbonyl (C=O) groups is 1. The molecule has 0 aliphatic rings. The van der Waals surface area contributed by atoms with E-state index in [0.29, 0.717) is 0 Å². The molecule has 0 fully saturated rings. The Morgan fingerprint density at radius 2 is 2.12 bits per heavy atom. The molecule has 0 N–H and O–H groups in total. The van der Waals surface area contributed by atoms with E-state index in [1.54, 1.807) is 22.1 Å². The third-order valence-electron chi connectivity index (χ3n) is 3.53. The number of ether oxygens (including phenoxy) is 1. The summed E-state index contributed by atoms with van der Waals surface area (Å²) in [7, 11) is 0. The SMILES string of the molecule is CCCCc1nc2cnc3cc(Br)sc3c2n1C(=O)OC(C)(C)C. The van der Waals surface area contributed by atoms with Gasteiger partial charge < -0.3 is 4.74 Å². The van der Waals surface area contributed by atoms with Crippen molar-refractivity contribution in [2.45, 2.75) is 52.6 Å². The molecule has 0 saturated heterocycles. The van der Waals surface area contributed by atoms with Crippen LogP contribution in [0.1, 0.15) is 46.4 Å². The molecular weight excluding hydrogens is 390 g/mol. The Hall–Kier alpha value is -1.47. The normalized spacial score (nSPS) is 12.2. The molecule has 0 amide bonds. The lowest BCUT2D eigenvalue weighted by Crippen LogP contribution is -2.28. The number of hydrogen-bond donors (Lipinski definition) is 0. The number of hydrogen-bond acceptors (Lipinski definition) is 5. The minimum atomic E-state index is -0.558. The van der Waals surface area contributed by atoms with Crippen molar-refractivity contribution in [2.75, 3.05) is 0 Å². The lowest BCUT2D eigenvalue weighted by atomic mass is 10.2. The van der Waals surface area contributed by atoms with Gasteiger partial charge in [0.05, 0.1) is 20.2 Å². The molecule has 0 unspecified atom stereocenters. The average Bonchev–Trinajstić information content (AvgIpc) is 3.01. The van der Waals surface area contributed by atoms with Crippen LogP contribution in [0.5, 0.6) is 0 Å². The zero-order valence-electron chi connectivity index (χ0n) is 14.2. The number of pyridine rings is 1. The van der Waals surface area contributed by atoms with Crippen LogP contribution >= 0.6 is 27.3 Å². The van der Waals surface area contributed by atoms with E-state index in [1.807, 2.05) is 26.8 Å². The minimum absolute atomic E-state index is 0.381. The van der Waals surface area contributed by atoms with E-state index in [-0.39, 0.29) is 6.09 Å². The highest BCUT2D eigenvalue weighted by molar-refractivity contribution is 9.11. The Balaban J connectivity index is 2.24. The first-order valence-electron chi connectivity index (χ1n) is 7.99. The fourth-order valence-electron chi connectivity index (χ4n) is 2.55. The first-order valence-corrected chi connectivity index (χ1v) is 9.60. The monoisotopic (exact) mass is 409 g/mol.